The van der Waals surface area contributed by atoms with Crippen molar-refractivity contribution in [3.05, 3.63) is 29.8 Å². The monoisotopic (exact) mass is 328 g/mol. The summed E-state index contributed by atoms with van der Waals surface area (Å²) in [5.41, 5.74) is 1.04. The van der Waals surface area contributed by atoms with Crippen LogP contribution in [0.5, 0.6) is 5.75 Å². The van der Waals surface area contributed by atoms with Crippen molar-refractivity contribution < 1.29 is 14.3 Å². The molecule has 6 heteroatoms. The number of amides is 1. The molecule has 0 radical (unpaired) electrons. The van der Waals surface area contributed by atoms with Gasteiger partial charge in [0.15, 0.2) is 0 Å². The van der Waals surface area contributed by atoms with Gasteiger partial charge in [0.2, 0.25) is 5.91 Å². The van der Waals surface area contributed by atoms with Crippen molar-refractivity contribution in [3.63, 3.8) is 0 Å². The van der Waals surface area contributed by atoms with Crippen LogP contribution in [-0.4, -0.2) is 38.3 Å². The van der Waals surface area contributed by atoms with Crippen LogP contribution in [0.25, 0.3) is 0 Å². The summed E-state index contributed by atoms with van der Waals surface area (Å²) in [5.74, 6) is 0.835. The Labute approximate surface area is 138 Å². The van der Waals surface area contributed by atoms with E-state index < -0.39 is 0 Å². The van der Waals surface area contributed by atoms with Gasteiger partial charge in [-0.1, -0.05) is 25.5 Å². The molecule has 1 amide bonds. The highest BCUT2D eigenvalue weighted by atomic mass is 35.5. The summed E-state index contributed by atoms with van der Waals surface area (Å²) >= 11 is 0. The van der Waals surface area contributed by atoms with E-state index in [1.54, 1.807) is 0 Å². The molecule has 0 spiro atoms. The quantitative estimate of drug-likeness (QED) is 0.750. The zero-order valence-corrected chi connectivity index (χ0v) is 13.8. The van der Waals surface area contributed by atoms with Gasteiger partial charge in [-0.2, -0.15) is 0 Å². The summed E-state index contributed by atoms with van der Waals surface area (Å²) < 4.78 is 11.0. The number of rotatable bonds is 7. The van der Waals surface area contributed by atoms with E-state index in [0.717, 1.165) is 37.3 Å². The largest absolute Gasteiger partial charge is 0.494 e. The molecular formula is C16H25ClN2O3. The van der Waals surface area contributed by atoms with E-state index in [1.807, 2.05) is 24.3 Å². The van der Waals surface area contributed by atoms with E-state index in [-0.39, 0.29) is 24.4 Å². The zero-order chi connectivity index (χ0) is 14.9. The van der Waals surface area contributed by atoms with Gasteiger partial charge in [-0.15, -0.1) is 12.4 Å². The third-order valence-corrected chi connectivity index (χ3v) is 3.37. The van der Waals surface area contributed by atoms with Crippen LogP contribution in [0, 0.1) is 0 Å². The lowest BCUT2D eigenvalue weighted by Crippen LogP contribution is -2.51. The molecule has 0 saturated carbocycles. The Hall–Kier alpha value is -1.30. The third-order valence-electron chi connectivity index (χ3n) is 3.37. The van der Waals surface area contributed by atoms with Crippen LogP contribution in [0.1, 0.15) is 25.3 Å². The number of morpholine rings is 1. The van der Waals surface area contributed by atoms with E-state index in [4.69, 9.17) is 9.47 Å². The molecule has 1 aromatic carbocycles. The van der Waals surface area contributed by atoms with Crippen molar-refractivity contribution in [2.75, 3.05) is 26.4 Å². The molecule has 124 valence electrons. The Kier molecular flexibility index (Phi) is 8.89. The summed E-state index contributed by atoms with van der Waals surface area (Å²) in [7, 11) is 0. The fraction of sp³-hybridized carbons (Fsp3) is 0.562. The first-order valence-corrected chi connectivity index (χ1v) is 7.60. The SMILES string of the molecule is CCCCOc1cccc(CNC(=O)C2COCCN2)c1.Cl. The Morgan fingerprint density at radius 2 is 2.36 bits per heavy atom. The normalized spacial score (nSPS) is 17.4. The molecule has 1 fully saturated rings. The summed E-state index contributed by atoms with van der Waals surface area (Å²) in [5, 5.41) is 6.07. The molecule has 2 rings (SSSR count). The van der Waals surface area contributed by atoms with Crippen LogP contribution < -0.4 is 15.4 Å². The maximum absolute atomic E-state index is 12.0. The Morgan fingerprint density at radius 1 is 1.50 bits per heavy atom. The number of benzene rings is 1. The summed E-state index contributed by atoms with van der Waals surface area (Å²) in [4.78, 5) is 12.0. The van der Waals surface area contributed by atoms with E-state index in [0.29, 0.717) is 19.8 Å². The van der Waals surface area contributed by atoms with E-state index in [9.17, 15) is 4.79 Å². The molecule has 1 saturated heterocycles. The highest BCUT2D eigenvalue weighted by Crippen LogP contribution is 2.13. The van der Waals surface area contributed by atoms with Crippen molar-refractivity contribution in [2.45, 2.75) is 32.4 Å². The second-order valence-electron chi connectivity index (χ2n) is 5.15. The van der Waals surface area contributed by atoms with Gasteiger partial charge in [-0.3, -0.25) is 4.79 Å². The third kappa shape index (κ3) is 6.22. The number of carbonyl (C=O) groups is 1. The van der Waals surface area contributed by atoms with Crippen molar-refractivity contribution in [1.29, 1.82) is 0 Å². The molecule has 1 aliphatic heterocycles. The topological polar surface area (TPSA) is 59.6 Å². The van der Waals surface area contributed by atoms with Gasteiger partial charge in [0.1, 0.15) is 11.8 Å². The molecule has 5 nitrogen and oxygen atoms in total. The average molecular weight is 329 g/mol. The van der Waals surface area contributed by atoms with Gasteiger partial charge in [0, 0.05) is 13.1 Å². The first kappa shape index (κ1) is 18.7. The number of unbranched alkanes of at least 4 members (excludes halogenated alkanes) is 1. The zero-order valence-electron chi connectivity index (χ0n) is 13.0. The number of hydrogen-bond donors (Lipinski definition) is 2. The van der Waals surface area contributed by atoms with Crippen LogP contribution >= 0.6 is 12.4 Å². The fourth-order valence-electron chi connectivity index (χ4n) is 2.13. The molecule has 22 heavy (non-hydrogen) atoms. The molecule has 1 aliphatic rings. The lowest BCUT2D eigenvalue weighted by atomic mass is 10.2. The minimum Gasteiger partial charge on any atom is -0.494 e. The van der Waals surface area contributed by atoms with Gasteiger partial charge >= 0.3 is 0 Å². The minimum atomic E-state index is -0.247. The molecule has 1 aromatic rings. The van der Waals surface area contributed by atoms with Gasteiger partial charge in [0.05, 0.1) is 19.8 Å². The smallest absolute Gasteiger partial charge is 0.239 e. The van der Waals surface area contributed by atoms with E-state index >= 15 is 0 Å². The Morgan fingerprint density at radius 3 is 3.09 bits per heavy atom. The van der Waals surface area contributed by atoms with Gasteiger partial charge in [-0.05, 0) is 24.1 Å². The standard InChI is InChI=1S/C16H24N2O3.ClH/c1-2-3-8-21-14-6-4-5-13(10-14)11-18-16(19)15-12-20-9-7-17-15;/h4-6,10,15,17H,2-3,7-9,11-12H2,1H3,(H,18,19);1H. The Bertz CT molecular complexity index is 451. The fourth-order valence-corrected chi connectivity index (χ4v) is 2.13. The van der Waals surface area contributed by atoms with Gasteiger partial charge in [-0.25, -0.2) is 0 Å². The number of nitrogens with one attached hydrogen (secondary N) is 2. The predicted octanol–water partition coefficient (Wildman–Crippen LogP) is 1.89. The van der Waals surface area contributed by atoms with Gasteiger partial charge in [0.25, 0.3) is 0 Å². The molecule has 0 bridgehead atoms. The number of carbonyl (C=O) groups excluding carboxylic acids is 1. The van der Waals surface area contributed by atoms with Crippen LogP contribution in [-0.2, 0) is 16.1 Å². The molecule has 1 unspecified atom stereocenters. The second kappa shape index (κ2) is 10.4. The molecule has 1 heterocycles. The van der Waals surface area contributed by atoms with Crippen molar-refractivity contribution in [2.24, 2.45) is 0 Å². The molecule has 2 N–H and O–H groups in total. The summed E-state index contributed by atoms with van der Waals surface area (Å²) in [6.45, 7) is 5.20. The van der Waals surface area contributed by atoms with Crippen LogP contribution in [0.2, 0.25) is 0 Å². The second-order valence-corrected chi connectivity index (χ2v) is 5.15. The van der Waals surface area contributed by atoms with Crippen molar-refractivity contribution in [1.82, 2.24) is 10.6 Å². The molecule has 0 aromatic heterocycles. The molecule has 0 aliphatic carbocycles. The van der Waals surface area contributed by atoms with Crippen LogP contribution in [0.15, 0.2) is 24.3 Å². The highest BCUT2D eigenvalue weighted by molar-refractivity contribution is 5.85. The number of ether oxygens (including phenoxy) is 2. The van der Waals surface area contributed by atoms with E-state index in [2.05, 4.69) is 17.6 Å². The molecule has 1 atom stereocenters. The lowest BCUT2D eigenvalue weighted by molar-refractivity contribution is -0.126. The number of hydrogen-bond acceptors (Lipinski definition) is 4. The summed E-state index contributed by atoms with van der Waals surface area (Å²) in [6.07, 6.45) is 2.17. The molecular weight excluding hydrogens is 304 g/mol. The predicted molar refractivity (Wildman–Crippen MR) is 88.5 cm³/mol. The summed E-state index contributed by atoms with van der Waals surface area (Å²) in [6, 6.07) is 7.60. The maximum atomic E-state index is 12.0. The van der Waals surface area contributed by atoms with Crippen molar-refractivity contribution in [3.8, 4) is 5.75 Å². The minimum absolute atomic E-state index is 0. The van der Waals surface area contributed by atoms with Gasteiger partial charge < -0.3 is 20.1 Å². The maximum Gasteiger partial charge on any atom is 0.239 e. The lowest BCUT2D eigenvalue weighted by Gasteiger charge is -2.22. The van der Waals surface area contributed by atoms with Crippen LogP contribution in [0.4, 0.5) is 0 Å². The van der Waals surface area contributed by atoms with E-state index in [1.165, 1.54) is 0 Å². The van der Waals surface area contributed by atoms with Crippen LogP contribution in [0.3, 0.4) is 0 Å². The average Bonchev–Trinajstić information content (AvgIpc) is 2.54. The highest BCUT2D eigenvalue weighted by Gasteiger charge is 2.20. The first-order valence-electron chi connectivity index (χ1n) is 7.60. The first-order chi connectivity index (χ1) is 10.3. The number of halogens is 1. The van der Waals surface area contributed by atoms with Crippen molar-refractivity contribution >= 4 is 18.3 Å². The Balaban J connectivity index is 0.00000242.